The summed E-state index contributed by atoms with van der Waals surface area (Å²) in [6.45, 7) is 4.09. The van der Waals surface area contributed by atoms with Crippen LogP contribution in [0.4, 0.5) is 0 Å². The summed E-state index contributed by atoms with van der Waals surface area (Å²) in [5.41, 5.74) is 0.606. The molecule has 1 unspecified atom stereocenters. The minimum atomic E-state index is -0.281. The standard InChI is InChI=1S/C15H19N3O2/c19-15-12-4-1-2-5-13(12)20-14(17-15)6-3-9-18-10-7-16-8-11-18/h1-5,9,14,16H,6-8,10-11H2,(H,17,19). The lowest BCUT2D eigenvalue weighted by molar-refractivity contribution is 0.0762. The molecule has 5 heteroatoms. The molecule has 2 heterocycles. The third kappa shape index (κ3) is 2.93. The molecule has 5 nitrogen and oxygen atoms in total. The predicted molar refractivity (Wildman–Crippen MR) is 76.5 cm³/mol. The molecule has 1 atom stereocenters. The summed E-state index contributed by atoms with van der Waals surface area (Å²) >= 11 is 0. The second kappa shape index (κ2) is 5.96. The highest BCUT2D eigenvalue weighted by Crippen LogP contribution is 2.23. The number of hydrogen-bond acceptors (Lipinski definition) is 4. The zero-order valence-electron chi connectivity index (χ0n) is 11.3. The van der Waals surface area contributed by atoms with Gasteiger partial charge in [0.2, 0.25) is 0 Å². The van der Waals surface area contributed by atoms with E-state index in [9.17, 15) is 4.79 Å². The van der Waals surface area contributed by atoms with Crippen molar-refractivity contribution in [1.82, 2.24) is 15.5 Å². The molecule has 0 aliphatic carbocycles. The highest BCUT2D eigenvalue weighted by atomic mass is 16.5. The lowest BCUT2D eigenvalue weighted by atomic mass is 10.1. The summed E-state index contributed by atoms with van der Waals surface area (Å²) < 4.78 is 5.78. The Morgan fingerprint density at radius 3 is 2.95 bits per heavy atom. The van der Waals surface area contributed by atoms with Gasteiger partial charge in [0, 0.05) is 32.6 Å². The monoisotopic (exact) mass is 273 g/mol. The number of hydrogen-bond donors (Lipinski definition) is 2. The van der Waals surface area contributed by atoms with Crippen LogP contribution in [0, 0.1) is 0 Å². The lowest BCUT2D eigenvalue weighted by Crippen LogP contribution is -2.43. The van der Waals surface area contributed by atoms with Gasteiger partial charge in [-0.2, -0.15) is 0 Å². The Morgan fingerprint density at radius 2 is 2.10 bits per heavy atom. The first-order valence-corrected chi connectivity index (χ1v) is 7.01. The van der Waals surface area contributed by atoms with Crippen molar-refractivity contribution in [2.24, 2.45) is 0 Å². The summed E-state index contributed by atoms with van der Waals surface area (Å²) in [5, 5.41) is 6.18. The smallest absolute Gasteiger partial charge is 0.257 e. The number of benzene rings is 1. The van der Waals surface area contributed by atoms with Gasteiger partial charge in [0.1, 0.15) is 5.75 Å². The van der Waals surface area contributed by atoms with Crippen LogP contribution in [0.3, 0.4) is 0 Å². The van der Waals surface area contributed by atoms with Crippen molar-refractivity contribution in [2.45, 2.75) is 12.6 Å². The fourth-order valence-electron chi connectivity index (χ4n) is 2.44. The number of nitrogens with one attached hydrogen (secondary N) is 2. The summed E-state index contributed by atoms with van der Waals surface area (Å²) in [4.78, 5) is 14.2. The van der Waals surface area contributed by atoms with Crippen LogP contribution < -0.4 is 15.4 Å². The largest absolute Gasteiger partial charge is 0.469 e. The highest BCUT2D eigenvalue weighted by molar-refractivity contribution is 5.97. The molecule has 3 rings (SSSR count). The number of fused-ring (bicyclic) bond motifs is 1. The third-order valence-corrected chi connectivity index (χ3v) is 3.51. The van der Waals surface area contributed by atoms with Crippen molar-refractivity contribution < 1.29 is 9.53 Å². The molecular formula is C15H19N3O2. The van der Waals surface area contributed by atoms with Crippen LogP contribution in [0.2, 0.25) is 0 Å². The fraction of sp³-hybridized carbons (Fsp3) is 0.400. The summed E-state index contributed by atoms with van der Waals surface area (Å²) in [7, 11) is 0. The van der Waals surface area contributed by atoms with E-state index in [1.165, 1.54) is 0 Å². The quantitative estimate of drug-likeness (QED) is 0.861. The second-order valence-corrected chi connectivity index (χ2v) is 4.98. The van der Waals surface area contributed by atoms with Crippen molar-refractivity contribution in [3.63, 3.8) is 0 Å². The molecule has 1 amide bonds. The Labute approximate surface area is 118 Å². The molecule has 0 aromatic heterocycles. The Hall–Kier alpha value is -2.01. The van der Waals surface area contributed by atoms with Gasteiger partial charge in [-0.1, -0.05) is 18.2 Å². The van der Waals surface area contributed by atoms with Gasteiger partial charge >= 0.3 is 0 Å². The average Bonchev–Trinajstić information content (AvgIpc) is 2.48. The molecule has 20 heavy (non-hydrogen) atoms. The fourth-order valence-corrected chi connectivity index (χ4v) is 2.44. The van der Waals surface area contributed by atoms with Gasteiger partial charge in [0.15, 0.2) is 6.23 Å². The van der Waals surface area contributed by atoms with Gasteiger partial charge < -0.3 is 20.3 Å². The molecule has 2 aliphatic rings. The van der Waals surface area contributed by atoms with Crippen molar-refractivity contribution in [3.8, 4) is 5.75 Å². The first-order valence-electron chi connectivity index (χ1n) is 7.01. The number of rotatable bonds is 3. The molecular weight excluding hydrogens is 254 g/mol. The van der Waals surface area contributed by atoms with Crippen LogP contribution in [0.25, 0.3) is 0 Å². The number of carbonyl (C=O) groups is 1. The normalized spacial score (nSPS) is 22.3. The number of nitrogens with zero attached hydrogens (tertiary/aromatic N) is 1. The average molecular weight is 273 g/mol. The summed E-state index contributed by atoms with van der Waals surface area (Å²) in [6.07, 6.45) is 4.54. The summed E-state index contributed by atoms with van der Waals surface area (Å²) in [5.74, 6) is 0.601. The van der Waals surface area contributed by atoms with E-state index in [0.29, 0.717) is 17.7 Å². The van der Waals surface area contributed by atoms with E-state index in [2.05, 4.69) is 27.8 Å². The molecule has 1 saturated heterocycles. The Balaban J connectivity index is 1.57. The first kappa shape index (κ1) is 13.0. The van der Waals surface area contributed by atoms with E-state index in [4.69, 9.17) is 4.74 Å². The van der Waals surface area contributed by atoms with E-state index in [0.717, 1.165) is 26.2 Å². The zero-order valence-corrected chi connectivity index (χ0v) is 11.3. The van der Waals surface area contributed by atoms with Gasteiger partial charge in [0.25, 0.3) is 5.91 Å². The van der Waals surface area contributed by atoms with Crippen LogP contribution in [0.15, 0.2) is 36.5 Å². The third-order valence-electron chi connectivity index (χ3n) is 3.51. The molecule has 1 fully saturated rings. The van der Waals surface area contributed by atoms with Crippen LogP contribution in [-0.2, 0) is 0 Å². The van der Waals surface area contributed by atoms with E-state index < -0.39 is 0 Å². The van der Waals surface area contributed by atoms with Gasteiger partial charge in [-0.15, -0.1) is 0 Å². The van der Waals surface area contributed by atoms with Gasteiger partial charge in [-0.05, 0) is 18.3 Å². The van der Waals surface area contributed by atoms with Gasteiger partial charge in [-0.25, -0.2) is 0 Å². The number of para-hydroxylation sites is 1. The molecule has 0 saturated carbocycles. The van der Waals surface area contributed by atoms with Crippen molar-refractivity contribution in [1.29, 1.82) is 0 Å². The SMILES string of the molecule is O=C1NC(CC=CN2CCNCC2)Oc2ccccc21. The number of amides is 1. The van der Waals surface area contributed by atoms with E-state index in [1.807, 2.05) is 18.2 Å². The molecule has 0 bridgehead atoms. The molecule has 2 N–H and O–H groups in total. The van der Waals surface area contributed by atoms with Crippen LogP contribution in [-0.4, -0.2) is 43.2 Å². The molecule has 0 spiro atoms. The van der Waals surface area contributed by atoms with Gasteiger partial charge in [0.05, 0.1) is 5.56 Å². The maximum absolute atomic E-state index is 11.9. The highest BCUT2D eigenvalue weighted by Gasteiger charge is 2.23. The van der Waals surface area contributed by atoms with Gasteiger partial charge in [-0.3, -0.25) is 4.79 Å². The maximum atomic E-state index is 11.9. The number of ether oxygens (including phenoxy) is 1. The van der Waals surface area contributed by atoms with E-state index >= 15 is 0 Å². The van der Waals surface area contributed by atoms with Crippen molar-refractivity contribution in [3.05, 3.63) is 42.1 Å². The molecule has 1 aromatic carbocycles. The topological polar surface area (TPSA) is 53.6 Å². The molecule has 1 aromatic rings. The maximum Gasteiger partial charge on any atom is 0.257 e. The van der Waals surface area contributed by atoms with E-state index in [1.54, 1.807) is 6.07 Å². The minimum Gasteiger partial charge on any atom is -0.469 e. The predicted octanol–water partition coefficient (Wildman–Crippen LogP) is 0.944. The Bertz CT molecular complexity index is 510. The van der Waals surface area contributed by atoms with Crippen LogP contribution in [0.5, 0.6) is 5.75 Å². The molecule has 2 aliphatic heterocycles. The minimum absolute atomic E-state index is 0.0626. The molecule has 106 valence electrons. The lowest BCUT2D eigenvalue weighted by Gasteiger charge is -2.27. The Morgan fingerprint density at radius 1 is 1.30 bits per heavy atom. The molecule has 0 radical (unpaired) electrons. The summed E-state index contributed by atoms with van der Waals surface area (Å²) in [6, 6.07) is 7.33. The number of carbonyl (C=O) groups excluding carboxylic acids is 1. The van der Waals surface area contributed by atoms with Crippen molar-refractivity contribution in [2.75, 3.05) is 26.2 Å². The van der Waals surface area contributed by atoms with Crippen LogP contribution in [0.1, 0.15) is 16.8 Å². The number of piperazine rings is 1. The van der Waals surface area contributed by atoms with Crippen LogP contribution >= 0.6 is 0 Å². The van der Waals surface area contributed by atoms with E-state index in [-0.39, 0.29) is 12.1 Å². The zero-order chi connectivity index (χ0) is 13.8. The van der Waals surface area contributed by atoms with Crippen molar-refractivity contribution >= 4 is 5.91 Å². The first-order chi connectivity index (χ1) is 9.83. The second-order valence-electron chi connectivity index (χ2n) is 4.98. The Kier molecular flexibility index (Phi) is 3.87.